The third kappa shape index (κ3) is 5.30. The lowest BCUT2D eigenvalue weighted by Crippen LogP contribution is -2.39. The van der Waals surface area contributed by atoms with Crippen molar-refractivity contribution in [3.63, 3.8) is 0 Å². The van der Waals surface area contributed by atoms with Gasteiger partial charge in [0.05, 0.1) is 11.4 Å². The van der Waals surface area contributed by atoms with Gasteiger partial charge in [-0.15, -0.1) is 0 Å². The maximum Gasteiger partial charge on any atom is 0.238 e. The number of rotatable bonds is 5. The van der Waals surface area contributed by atoms with Gasteiger partial charge in [0.15, 0.2) is 0 Å². The van der Waals surface area contributed by atoms with E-state index in [1.54, 1.807) is 12.1 Å². The van der Waals surface area contributed by atoms with E-state index in [0.29, 0.717) is 18.3 Å². The minimum atomic E-state index is -3.71. The highest BCUT2D eigenvalue weighted by Crippen LogP contribution is 2.26. The second kappa shape index (κ2) is 7.42. The fraction of sp³-hybridized carbons (Fsp3) is 0.562. The number of anilines is 1. The third-order valence-electron chi connectivity index (χ3n) is 4.47. The van der Waals surface area contributed by atoms with Crippen molar-refractivity contribution in [3.05, 3.63) is 24.3 Å². The summed E-state index contributed by atoms with van der Waals surface area (Å²) in [4.78, 5) is 14.2. The molecule has 7 heteroatoms. The molecule has 0 aliphatic heterocycles. The maximum atomic E-state index is 12.1. The summed E-state index contributed by atoms with van der Waals surface area (Å²) in [5.74, 6) is 0.681. The summed E-state index contributed by atoms with van der Waals surface area (Å²) in [6.07, 6.45) is 4.69. The first-order chi connectivity index (χ1) is 10.8. The van der Waals surface area contributed by atoms with Crippen LogP contribution in [0.1, 0.15) is 32.6 Å². The Kier molecular flexibility index (Phi) is 5.78. The number of primary sulfonamides is 1. The van der Waals surface area contributed by atoms with Gasteiger partial charge in [-0.1, -0.05) is 6.92 Å². The predicted molar refractivity (Wildman–Crippen MR) is 90.5 cm³/mol. The van der Waals surface area contributed by atoms with Gasteiger partial charge in [-0.05, 0) is 62.9 Å². The molecular formula is C16H25N3O3S. The van der Waals surface area contributed by atoms with Gasteiger partial charge in [0, 0.05) is 11.7 Å². The lowest BCUT2D eigenvalue weighted by molar-refractivity contribution is -0.117. The number of carbonyl (C=O) groups excluding carboxylic acids is 1. The summed E-state index contributed by atoms with van der Waals surface area (Å²) < 4.78 is 22.4. The van der Waals surface area contributed by atoms with E-state index in [4.69, 9.17) is 5.14 Å². The Bertz CT molecular complexity index is 635. The number of hydrogen-bond acceptors (Lipinski definition) is 4. The number of nitrogens with zero attached hydrogens (tertiary/aromatic N) is 1. The first kappa shape index (κ1) is 17.9. The van der Waals surface area contributed by atoms with E-state index in [-0.39, 0.29) is 10.8 Å². The van der Waals surface area contributed by atoms with Crippen LogP contribution in [-0.4, -0.2) is 38.9 Å². The van der Waals surface area contributed by atoms with Crippen molar-refractivity contribution in [2.24, 2.45) is 11.1 Å². The minimum absolute atomic E-state index is 0.0314. The molecule has 2 rings (SSSR count). The summed E-state index contributed by atoms with van der Waals surface area (Å²) in [5, 5.41) is 7.83. The molecule has 1 amide bonds. The van der Waals surface area contributed by atoms with Crippen LogP contribution in [0.15, 0.2) is 29.2 Å². The van der Waals surface area contributed by atoms with Crippen LogP contribution in [-0.2, 0) is 14.8 Å². The summed E-state index contributed by atoms with van der Waals surface area (Å²) in [6.45, 7) is 2.60. The molecule has 1 aromatic carbocycles. The van der Waals surface area contributed by atoms with Crippen LogP contribution in [0.25, 0.3) is 0 Å². The molecular weight excluding hydrogens is 314 g/mol. The molecule has 0 radical (unpaired) electrons. The van der Waals surface area contributed by atoms with Crippen LogP contribution in [0.2, 0.25) is 0 Å². The number of hydrogen-bond donors (Lipinski definition) is 2. The lowest BCUT2D eigenvalue weighted by Gasteiger charge is -2.33. The molecule has 0 aromatic heterocycles. The van der Waals surface area contributed by atoms with Crippen molar-refractivity contribution in [1.82, 2.24) is 4.90 Å². The van der Waals surface area contributed by atoms with Crippen molar-refractivity contribution in [2.45, 2.75) is 43.5 Å². The Balaban J connectivity index is 1.87. The molecule has 0 bridgehead atoms. The quantitative estimate of drug-likeness (QED) is 0.855. The van der Waals surface area contributed by atoms with E-state index < -0.39 is 10.0 Å². The Morgan fingerprint density at radius 3 is 2.30 bits per heavy atom. The Labute approximate surface area is 138 Å². The highest BCUT2D eigenvalue weighted by atomic mass is 32.2. The zero-order valence-electron chi connectivity index (χ0n) is 13.7. The smallest absolute Gasteiger partial charge is 0.238 e. The van der Waals surface area contributed by atoms with Crippen molar-refractivity contribution in [1.29, 1.82) is 0 Å². The fourth-order valence-electron chi connectivity index (χ4n) is 2.97. The molecule has 1 fully saturated rings. The number of nitrogens with two attached hydrogens (primary N) is 1. The fourth-order valence-corrected chi connectivity index (χ4v) is 3.48. The molecule has 1 aromatic rings. The molecule has 6 nitrogen and oxygen atoms in total. The first-order valence-electron chi connectivity index (χ1n) is 7.88. The van der Waals surface area contributed by atoms with Gasteiger partial charge in [-0.2, -0.15) is 0 Å². The van der Waals surface area contributed by atoms with E-state index in [1.807, 2.05) is 7.05 Å². The van der Waals surface area contributed by atoms with Crippen LogP contribution >= 0.6 is 0 Å². The number of carbonyl (C=O) groups is 1. The molecule has 0 saturated heterocycles. The van der Waals surface area contributed by atoms with Crippen LogP contribution in [0, 0.1) is 5.92 Å². The largest absolute Gasteiger partial charge is 0.325 e. The standard InChI is InChI=1S/C16H25N3O3S/c1-12-3-7-14(8-4-12)19(2)11-16(20)18-13-5-9-15(10-6-13)23(17,21)22/h5-6,9-10,12,14H,3-4,7-8,11H2,1-2H3,(H,18,20)(H2,17,21,22). The number of amides is 1. The normalized spacial score (nSPS) is 22.1. The van der Waals surface area contributed by atoms with Crippen LogP contribution in [0.5, 0.6) is 0 Å². The highest BCUT2D eigenvalue weighted by molar-refractivity contribution is 7.89. The van der Waals surface area contributed by atoms with E-state index >= 15 is 0 Å². The molecule has 1 aliphatic carbocycles. The SMILES string of the molecule is CC1CCC(N(C)CC(=O)Nc2ccc(S(N)(=O)=O)cc2)CC1. The maximum absolute atomic E-state index is 12.1. The topological polar surface area (TPSA) is 92.5 Å². The summed E-state index contributed by atoms with van der Waals surface area (Å²) in [6, 6.07) is 6.32. The molecule has 0 unspecified atom stereocenters. The van der Waals surface area contributed by atoms with Gasteiger partial charge in [-0.3, -0.25) is 9.69 Å². The average Bonchev–Trinajstić information content (AvgIpc) is 2.47. The van der Waals surface area contributed by atoms with Crippen molar-refractivity contribution in [3.8, 4) is 0 Å². The molecule has 1 saturated carbocycles. The zero-order valence-corrected chi connectivity index (χ0v) is 14.5. The number of sulfonamides is 1. The van der Waals surface area contributed by atoms with Gasteiger partial charge < -0.3 is 5.32 Å². The van der Waals surface area contributed by atoms with Gasteiger partial charge >= 0.3 is 0 Å². The van der Waals surface area contributed by atoms with Crippen LogP contribution < -0.4 is 10.5 Å². The molecule has 1 aliphatic rings. The second-order valence-corrected chi connectivity index (χ2v) is 8.01. The van der Waals surface area contributed by atoms with E-state index in [2.05, 4.69) is 17.1 Å². The van der Waals surface area contributed by atoms with Gasteiger partial charge in [-0.25, -0.2) is 13.6 Å². The molecule has 0 heterocycles. The lowest BCUT2D eigenvalue weighted by atomic mass is 9.87. The van der Waals surface area contributed by atoms with E-state index in [0.717, 1.165) is 18.8 Å². The van der Waals surface area contributed by atoms with Crippen LogP contribution in [0.4, 0.5) is 5.69 Å². The zero-order chi connectivity index (χ0) is 17.0. The van der Waals surface area contributed by atoms with Crippen LogP contribution in [0.3, 0.4) is 0 Å². The summed E-state index contributed by atoms with van der Waals surface area (Å²) in [7, 11) is -1.73. The Morgan fingerprint density at radius 2 is 1.78 bits per heavy atom. The molecule has 128 valence electrons. The second-order valence-electron chi connectivity index (χ2n) is 6.45. The molecule has 23 heavy (non-hydrogen) atoms. The molecule has 0 atom stereocenters. The van der Waals surface area contributed by atoms with E-state index in [9.17, 15) is 13.2 Å². The monoisotopic (exact) mass is 339 g/mol. The first-order valence-corrected chi connectivity index (χ1v) is 9.43. The Morgan fingerprint density at radius 1 is 1.22 bits per heavy atom. The van der Waals surface area contributed by atoms with Crippen molar-refractivity contribution < 1.29 is 13.2 Å². The summed E-state index contributed by atoms with van der Waals surface area (Å²) in [5.41, 5.74) is 0.563. The summed E-state index contributed by atoms with van der Waals surface area (Å²) >= 11 is 0. The third-order valence-corrected chi connectivity index (χ3v) is 5.40. The van der Waals surface area contributed by atoms with Crippen molar-refractivity contribution in [2.75, 3.05) is 18.9 Å². The van der Waals surface area contributed by atoms with Gasteiger partial charge in [0.1, 0.15) is 0 Å². The number of nitrogens with one attached hydrogen (secondary N) is 1. The Hall–Kier alpha value is -1.44. The predicted octanol–water partition coefficient (Wildman–Crippen LogP) is 1.78. The number of benzene rings is 1. The van der Waals surface area contributed by atoms with Gasteiger partial charge in [0.2, 0.25) is 15.9 Å². The van der Waals surface area contributed by atoms with E-state index in [1.165, 1.54) is 25.0 Å². The highest BCUT2D eigenvalue weighted by Gasteiger charge is 2.22. The number of likely N-dealkylation sites (N-methyl/N-ethyl adjacent to an activating group) is 1. The van der Waals surface area contributed by atoms with Crippen molar-refractivity contribution >= 4 is 21.6 Å². The molecule has 0 spiro atoms. The van der Waals surface area contributed by atoms with Gasteiger partial charge in [0.25, 0.3) is 0 Å². The molecule has 3 N–H and O–H groups in total. The minimum Gasteiger partial charge on any atom is -0.325 e. The average molecular weight is 339 g/mol.